The van der Waals surface area contributed by atoms with E-state index in [1.807, 2.05) is 0 Å². The molecule has 0 radical (unpaired) electrons. The van der Waals surface area contributed by atoms with Gasteiger partial charge in [-0.15, -0.1) is 0 Å². The molecule has 4 heterocycles. The zero-order valence-electron chi connectivity index (χ0n) is 22.5. The van der Waals surface area contributed by atoms with Gasteiger partial charge >= 0.3 is 6.18 Å². The smallest absolute Gasteiger partial charge is 0.416 e. The molecule has 4 N–H and O–H groups in total. The summed E-state index contributed by atoms with van der Waals surface area (Å²) in [4.78, 5) is 27.0. The van der Waals surface area contributed by atoms with Gasteiger partial charge in [-0.2, -0.15) is 18.2 Å². The van der Waals surface area contributed by atoms with E-state index < -0.39 is 23.2 Å². The molecule has 5 rings (SSSR count). The van der Waals surface area contributed by atoms with Gasteiger partial charge in [0.25, 0.3) is 5.91 Å². The average Bonchev–Trinajstić information content (AvgIpc) is 3.33. The van der Waals surface area contributed by atoms with Crippen molar-refractivity contribution >= 4 is 52.4 Å². The number of hydrogen-bond acceptors (Lipinski definition) is 9. The molecule has 2 aliphatic heterocycles. The lowest BCUT2D eigenvalue weighted by Crippen LogP contribution is -2.36. The number of amides is 1. The van der Waals surface area contributed by atoms with E-state index in [1.54, 1.807) is 34.1 Å². The van der Waals surface area contributed by atoms with Gasteiger partial charge in [0.2, 0.25) is 5.95 Å². The number of aryl methyl sites for hydroxylation is 1. The number of allylic oxidation sites excluding steroid dienone is 1. The topological polar surface area (TPSA) is 133 Å². The standard InChI is InChI=1S/C26H25ClF3N9O2/c1-25(2)17-13(23(40)39(25)5)8-12(9-14(17)26(28,29)30)36-24-37-22-20(38(24)4)18(27)16(11-35-22)41-15(10-31)19-21(32-3)34-7-6-33-19/h6-11,31,33H,1-5H3,(H,32,34)(H,35,36,37)/b19-15+,31-10?. The highest BCUT2D eigenvalue weighted by atomic mass is 35.5. The number of rotatable bonds is 5. The monoisotopic (exact) mass is 587 g/mol. The molecule has 0 saturated carbocycles. The number of likely N-dealkylation sites (N-methyl/N-ethyl adjacent to an activating group) is 1. The minimum absolute atomic E-state index is 0.0210. The van der Waals surface area contributed by atoms with E-state index in [0.717, 1.165) is 12.3 Å². The molecule has 2 aromatic heterocycles. The number of hydrogen-bond donors (Lipinski definition) is 4. The van der Waals surface area contributed by atoms with E-state index in [4.69, 9.17) is 21.7 Å². The highest BCUT2D eigenvalue weighted by Crippen LogP contribution is 2.47. The Morgan fingerprint density at radius 1 is 1.27 bits per heavy atom. The first-order valence-corrected chi connectivity index (χ1v) is 12.6. The van der Waals surface area contributed by atoms with Crippen LogP contribution in [0.2, 0.25) is 5.02 Å². The highest BCUT2D eigenvalue weighted by Gasteiger charge is 2.48. The number of ether oxygens (including phenoxy) is 1. The lowest BCUT2D eigenvalue weighted by atomic mass is 9.88. The fraction of sp³-hybridized carbons (Fsp3) is 0.269. The number of anilines is 2. The second kappa shape index (κ2) is 9.80. The zero-order chi connectivity index (χ0) is 29.9. The Morgan fingerprint density at radius 3 is 2.66 bits per heavy atom. The van der Waals surface area contributed by atoms with Crippen LogP contribution in [0.3, 0.4) is 0 Å². The summed E-state index contributed by atoms with van der Waals surface area (Å²) in [7, 11) is 4.74. The molecule has 2 aliphatic rings. The predicted octanol–water partition coefficient (Wildman–Crippen LogP) is 4.64. The van der Waals surface area contributed by atoms with Crippen LogP contribution in [-0.4, -0.2) is 51.5 Å². The fourth-order valence-corrected chi connectivity index (χ4v) is 5.11. The van der Waals surface area contributed by atoms with Crippen molar-refractivity contribution < 1.29 is 22.7 Å². The molecule has 0 saturated heterocycles. The molecule has 0 aliphatic carbocycles. The SMILES string of the molecule is CNC1=NC=CN/C1=C(\C=N)Oc1cnc2nc(Nc3cc4c(c(C(F)(F)F)c3)C(C)(C)N(C)C4=O)n(C)c2c1Cl. The highest BCUT2D eigenvalue weighted by molar-refractivity contribution is 6.36. The molecular weight excluding hydrogens is 563 g/mol. The summed E-state index contributed by atoms with van der Waals surface area (Å²) >= 11 is 6.67. The van der Waals surface area contributed by atoms with Crippen LogP contribution >= 0.6 is 11.6 Å². The van der Waals surface area contributed by atoms with Gasteiger partial charge in [-0.05, 0) is 26.0 Å². The molecule has 1 amide bonds. The number of fused-ring (bicyclic) bond motifs is 2. The number of nitrogens with one attached hydrogen (secondary N) is 4. The van der Waals surface area contributed by atoms with Gasteiger partial charge < -0.3 is 35.6 Å². The summed E-state index contributed by atoms with van der Waals surface area (Å²) in [6, 6.07) is 2.35. The predicted molar refractivity (Wildman–Crippen MR) is 149 cm³/mol. The number of imidazole rings is 1. The van der Waals surface area contributed by atoms with Crippen LogP contribution in [0.1, 0.15) is 35.3 Å². The Kier molecular flexibility index (Phi) is 6.68. The van der Waals surface area contributed by atoms with Crippen molar-refractivity contribution in [3.8, 4) is 5.75 Å². The average molecular weight is 588 g/mol. The second-order valence-corrected chi connectivity index (χ2v) is 10.1. The summed E-state index contributed by atoms with van der Waals surface area (Å²) < 4.78 is 49.9. The number of carbonyl (C=O) groups is 1. The van der Waals surface area contributed by atoms with Crippen LogP contribution in [0.25, 0.3) is 11.2 Å². The summed E-state index contributed by atoms with van der Waals surface area (Å²) in [5, 5.41) is 16.7. The van der Waals surface area contributed by atoms with Crippen LogP contribution in [-0.2, 0) is 18.8 Å². The Morgan fingerprint density at radius 2 is 2.00 bits per heavy atom. The summed E-state index contributed by atoms with van der Waals surface area (Å²) in [5.74, 6) is 0.262. The molecule has 1 aromatic carbocycles. The first kappa shape index (κ1) is 28.0. The molecule has 11 nitrogen and oxygen atoms in total. The van der Waals surface area contributed by atoms with Crippen molar-refractivity contribution in [3.05, 3.63) is 63.9 Å². The Labute approximate surface area is 237 Å². The van der Waals surface area contributed by atoms with Crippen molar-refractivity contribution in [2.24, 2.45) is 12.0 Å². The first-order valence-electron chi connectivity index (χ1n) is 12.2. The maximum absolute atomic E-state index is 14.2. The fourth-order valence-electron chi connectivity index (χ4n) is 4.81. The molecular formula is C26H25ClF3N9O2. The maximum Gasteiger partial charge on any atom is 0.416 e. The minimum atomic E-state index is -4.70. The van der Waals surface area contributed by atoms with Gasteiger partial charge in [0.15, 0.2) is 23.0 Å². The minimum Gasteiger partial charge on any atom is -0.450 e. The number of pyridine rings is 1. The molecule has 214 valence electrons. The molecule has 0 atom stereocenters. The molecule has 3 aromatic rings. The number of carbonyl (C=O) groups excluding carboxylic acids is 1. The van der Waals surface area contributed by atoms with Crippen molar-refractivity contribution in [2.75, 3.05) is 19.4 Å². The number of halogens is 4. The quantitative estimate of drug-likeness (QED) is 0.253. The van der Waals surface area contributed by atoms with Crippen LogP contribution in [0.4, 0.5) is 24.8 Å². The van der Waals surface area contributed by atoms with E-state index in [-0.39, 0.29) is 44.9 Å². The van der Waals surface area contributed by atoms with E-state index in [1.165, 1.54) is 35.0 Å². The largest absolute Gasteiger partial charge is 0.450 e. The Hall–Kier alpha value is -4.59. The zero-order valence-corrected chi connectivity index (χ0v) is 23.3. The number of alkyl halides is 3. The molecule has 0 fully saturated rings. The van der Waals surface area contributed by atoms with Crippen LogP contribution in [0, 0.1) is 5.41 Å². The number of benzene rings is 1. The third-order valence-electron chi connectivity index (χ3n) is 7.07. The molecule has 0 spiro atoms. The number of aromatic nitrogens is 3. The Balaban J connectivity index is 1.55. The second-order valence-electron chi connectivity index (χ2n) is 9.77. The lowest BCUT2D eigenvalue weighted by molar-refractivity contribution is -0.139. The summed E-state index contributed by atoms with van der Waals surface area (Å²) in [6.45, 7) is 3.15. The van der Waals surface area contributed by atoms with Crippen LogP contribution in [0.5, 0.6) is 5.75 Å². The van der Waals surface area contributed by atoms with Gasteiger partial charge in [-0.3, -0.25) is 4.79 Å². The molecule has 0 unspecified atom stereocenters. The Bertz CT molecular complexity index is 1710. The van der Waals surface area contributed by atoms with Crippen LogP contribution < -0.4 is 20.7 Å². The van der Waals surface area contributed by atoms with Gasteiger partial charge in [0.05, 0.1) is 23.5 Å². The van der Waals surface area contributed by atoms with E-state index in [9.17, 15) is 18.0 Å². The number of nitrogens with zero attached hydrogens (tertiary/aromatic N) is 5. The summed E-state index contributed by atoms with van der Waals surface area (Å²) in [6.07, 6.45) is 0.720. The van der Waals surface area contributed by atoms with Gasteiger partial charge in [-0.25, -0.2) is 9.98 Å². The third kappa shape index (κ3) is 4.53. The van der Waals surface area contributed by atoms with Gasteiger partial charge in [0.1, 0.15) is 16.2 Å². The number of amidine groups is 1. The van der Waals surface area contributed by atoms with Gasteiger partial charge in [-0.1, -0.05) is 11.6 Å². The van der Waals surface area contributed by atoms with E-state index in [2.05, 4.69) is 30.9 Å². The van der Waals surface area contributed by atoms with E-state index >= 15 is 0 Å². The molecule has 0 bridgehead atoms. The molecule has 15 heteroatoms. The van der Waals surface area contributed by atoms with Crippen molar-refractivity contribution in [2.45, 2.75) is 25.6 Å². The lowest BCUT2D eigenvalue weighted by Gasteiger charge is -2.30. The van der Waals surface area contributed by atoms with Crippen molar-refractivity contribution in [3.63, 3.8) is 0 Å². The third-order valence-corrected chi connectivity index (χ3v) is 7.43. The maximum atomic E-state index is 14.2. The van der Waals surface area contributed by atoms with Crippen molar-refractivity contribution in [1.82, 2.24) is 30.1 Å². The van der Waals surface area contributed by atoms with Crippen LogP contribution in [0.15, 0.2) is 47.2 Å². The normalized spacial score (nSPS) is 17.2. The van der Waals surface area contributed by atoms with E-state index in [0.29, 0.717) is 17.0 Å². The molecule has 41 heavy (non-hydrogen) atoms. The number of aliphatic imine (C=N–C) groups is 1. The van der Waals surface area contributed by atoms with Crippen molar-refractivity contribution in [1.29, 1.82) is 5.41 Å². The summed E-state index contributed by atoms with van der Waals surface area (Å²) in [5.41, 5.74) is -1.23. The van der Waals surface area contributed by atoms with Gasteiger partial charge in [0, 0.05) is 50.4 Å². The first-order chi connectivity index (χ1) is 19.3.